The first-order valence-corrected chi connectivity index (χ1v) is 4.33. The number of fused-ring (bicyclic) bond motifs is 1. The summed E-state index contributed by atoms with van der Waals surface area (Å²) in [6.07, 6.45) is 1.85. The summed E-state index contributed by atoms with van der Waals surface area (Å²) in [5.74, 6) is 0.479. The third-order valence-corrected chi connectivity index (χ3v) is 1.54. The van der Waals surface area contributed by atoms with Crippen LogP contribution in [0.15, 0.2) is 30.5 Å². The van der Waals surface area contributed by atoms with Gasteiger partial charge in [-0.2, -0.15) is 0 Å². The number of ketones is 1. The Labute approximate surface area is 82.4 Å². The number of hydrogen-bond acceptors (Lipinski definition) is 2. The van der Waals surface area contributed by atoms with Crippen molar-refractivity contribution in [2.24, 2.45) is 0 Å². The molecule has 3 heteroatoms. The lowest BCUT2D eigenvalue weighted by Crippen LogP contribution is -1.69. The zero-order valence-electron chi connectivity index (χ0n) is 8.24. The largest absolute Gasteiger partial charge is 0.508 e. The maximum atomic E-state index is 9.44. The summed E-state index contributed by atoms with van der Waals surface area (Å²) in [4.78, 5) is 12.5. The van der Waals surface area contributed by atoms with Crippen molar-refractivity contribution < 1.29 is 9.90 Å². The molecule has 14 heavy (non-hydrogen) atoms. The molecule has 1 heterocycles. The molecule has 74 valence electrons. The maximum Gasteiger partial charge on any atom is 0.126 e. The van der Waals surface area contributed by atoms with Crippen molar-refractivity contribution in [2.45, 2.75) is 13.8 Å². The van der Waals surface area contributed by atoms with E-state index in [4.69, 9.17) is 5.11 Å². The van der Waals surface area contributed by atoms with Gasteiger partial charge in [-0.15, -0.1) is 0 Å². The molecular formula is C11H13NO2. The fraction of sp³-hybridized carbons (Fsp3) is 0.182. The summed E-state index contributed by atoms with van der Waals surface area (Å²) in [6.45, 7) is 3.06. The van der Waals surface area contributed by atoms with Crippen LogP contribution in [0, 0.1) is 0 Å². The molecule has 0 aliphatic carbocycles. The Morgan fingerprint density at radius 3 is 2.57 bits per heavy atom. The summed E-state index contributed by atoms with van der Waals surface area (Å²) >= 11 is 0. The maximum absolute atomic E-state index is 9.44. The zero-order valence-corrected chi connectivity index (χ0v) is 8.24. The average Bonchev–Trinajstić information content (AvgIpc) is 2.49. The number of phenols is 1. The zero-order chi connectivity index (χ0) is 10.6. The van der Waals surface area contributed by atoms with Crippen LogP contribution in [0.2, 0.25) is 0 Å². The van der Waals surface area contributed by atoms with Crippen LogP contribution in [-0.4, -0.2) is 15.9 Å². The van der Waals surface area contributed by atoms with Crippen LogP contribution in [-0.2, 0) is 4.79 Å². The molecule has 2 rings (SSSR count). The van der Waals surface area contributed by atoms with Gasteiger partial charge in [-0.3, -0.25) is 0 Å². The first-order valence-electron chi connectivity index (χ1n) is 4.33. The van der Waals surface area contributed by atoms with Gasteiger partial charge in [0.2, 0.25) is 0 Å². The number of aromatic nitrogens is 1. The van der Waals surface area contributed by atoms with Gasteiger partial charge in [0.25, 0.3) is 0 Å². The highest BCUT2D eigenvalue weighted by atomic mass is 16.3. The number of H-pyrrole nitrogens is 1. The monoisotopic (exact) mass is 191 g/mol. The van der Waals surface area contributed by atoms with Crippen LogP contribution in [0.5, 0.6) is 5.75 Å². The molecule has 3 nitrogen and oxygen atoms in total. The quantitative estimate of drug-likeness (QED) is 0.672. The van der Waals surface area contributed by atoms with Gasteiger partial charge in [0.05, 0.1) is 0 Å². The third kappa shape index (κ3) is 2.94. The van der Waals surface area contributed by atoms with E-state index in [0.29, 0.717) is 5.75 Å². The van der Waals surface area contributed by atoms with Crippen molar-refractivity contribution in [3.8, 4) is 5.75 Å². The van der Waals surface area contributed by atoms with E-state index in [1.165, 1.54) is 13.8 Å². The minimum absolute atomic E-state index is 0.167. The van der Waals surface area contributed by atoms with Gasteiger partial charge in [0.1, 0.15) is 11.5 Å². The fourth-order valence-electron chi connectivity index (χ4n) is 1.04. The summed E-state index contributed by atoms with van der Waals surface area (Å²) in [6, 6.07) is 7.17. The number of Topliss-reactive ketones (excluding diaryl/α,β-unsaturated/α-hetero) is 1. The Bertz CT molecular complexity index is 428. The highest BCUT2D eigenvalue weighted by Gasteiger charge is 1.92. The van der Waals surface area contributed by atoms with Gasteiger partial charge in [-0.1, -0.05) is 0 Å². The number of aromatic hydroxyl groups is 1. The number of rotatable bonds is 0. The Morgan fingerprint density at radius 2 is 1.93 bits per heavy atom. The van der Waals surface area contributed by atoms with Crippen LogP contribution >= 0.6 is 0 Å². The molecule has 0 fully saturated rings. The van der Waals surface area contributed by atoms with Crippen LogP contribution in [0.1, 0.15) is 13.8 Å². The lowest BCUT2D eigenvalue weighted by molar-refractivity contribution is -0.114. The lowest BCUT2D eigenvalue weighted by Gasteiger charge is -1.89. The fourth-order valence-corrected chi connectivity index (χ4v) is 1.04. The van der Waals surface area contributed by atoms with E-state index >= 15 is 0 Å². The Kier molecular flexibility index (Phi) is 3.29. The van der Waals surface area contributed by atoms with E-state index in [1.54, 1.807) is 12.1 Å². The second kappa shape index (κ2) is 4.46. The van der Waals surface area contributed by atoms with E-state index in [1.807, 2.05) is 18.3 Å². The van der Waals surface area contributed by atoms with Crippen LogP contribution in [0.4, 0.5) is 0 Å². The number of phenolic OH excluding ortho intramolecular Hbond substituents is 1. The summed E-state index contributed by atoms with van der Waals surface area (Å²) in [7, 11) is 0. The molecule has 2 N–H and O–H groups in total. The molecule has 0 aliphatic rings. The van der Waals surface area contributed by atoms with Gasteiger partial charge < -0.3 is 14.9 Å². The molecule has 0 unspecified atom stereocenters. The summed E-state index contributed by atoms with van der Waals surface area (Å²) in [5, 5.41) is 10.1. The first-order chi connectivity index (χ1) is 6.59. The number of benzene rings is 1. The minimum Gasteiger partial charge on any atom is -0.508 e. The standard InChI is InChI=1S/C8H7NO.C3H6O/c10-7-1-2-8-6(5-7)3-4-9-8;1-3(2)4/h1-5,9-10H;1-2H3. The summed E-state index contributed by atoms with van der Waals surface area (Å²) < 4.78 is 0. The molecule has 0 amide bonds. The van der Waals surface area contributed by atoms with Crippen LogP contribution < -0.4 is 0 Å². The van der Waals surface area contributed by atoms with E-state index in [9.17, 15) is 4.79 Å². The third-order valence-electron chi connectivity index (χ3n) is 1.54. The number of hydrogen-bond donors (Lipinski definition) is 2. The molecule has 0 atom stereocenters. The predicted molar refractivity (Wildman–Crippen MR) is 56.3 cm³/mol. The smallest absolute Gasteiger partial charge is 0.126 e. The average molecular weight is 191 g/mol. The minimum atomic E-state index is 0.167. The molecule has 0 bridgehead atoms. The molecule has 1 aromatic carbocycles. The number of aromatic amines is 1. The second-order valence-electron chi connectivity index (χ2n) is 3.16. The van der Waals surface area contributed by atoms with Crippen LogP contribution in [0.25, 0.3) is 10.9 Å². The van der Waals surface area contributed by atoms with Gasteiger partial charge in [0.15, 0.2) is 0 Å². The normalized spacial score (nSPS) is 9.29. The summed E-state index contributed by atoms with van der Waals surface area (Å²) in [5.41, 5.74) is 1.05. The van der Waals surface area contributed by atoms with Gasteiger partial charge in [0, 0.05) is 17.1 Å². The first kappa shape index (κ1) is 10.3. The molecule has 2 aromatic rings. The van der Waals surface area contributed by atoms with Crippen molar-refractivity contribution in [1.29, 1.82) is 0 Å². The molecule has 0 spiro atoms. The number of nitrogens with one attached hydrogen (secondary N) is 1. The number of carbonyl (C=O) groups excluding carboxylic acids is 1. The van der Waals surface area contributed by atoms with E-state index in [-0.39, 0.29) is 5.78 Å². The van der Waals surface area contributed by atoms with Crippen molar-refractivity contribution in [2.75, 3.05) is 0 Å². The van der Waals surface area contributed by atoms with E-state index in [0.717, 1.165) is 10.9 Å². The molecule has 0 aliphatic heterocycles. The van der Waals surface area contributed by atoms with E-state index < -0.39 is 0 Å². The van der Waals surface area contributed by atoms with Crippen molar-refractivity contribution in [3.63, 3.8) is 0 Å². The predicted octanol–water partition coefficient (Wildman–Crippen LogP) is 2.47. The Hall–Kier alpha value is -1.77. The lowest BCUT2D eigenvalue weighted by atomic mass is 10.2. The highest BCUT2D eigenvalue weighted by Crippen LogP contribution is 2.17. The van der Waals surface area contributed by atoms with Crippen molar-refractivity contribution in [1.82, 2.24) is 4.98 Å². The molecular weight excluding hydrogens is 178 g/mol. The van der Waals surface area contributed by atoms with Gasteiger partial charge in [-0.25, -0.2) is 0 Å². The molecule has 1 aromatic heterocycles. The van der Waals surface area contributed by atoms with Crippen LogP contribution in [0.3, 0.4) is 0 Å². The Morgan fingerprint density at radius 1 is 1.29 bits per heavy atom. The highest BCUT2D eigenvalue weighted by molar-refractivity contribution is 5.80. The SMILES string of the molecule is CC(C)=O.Oc1ccc2[nH]ccc2c1. The van der Waals surface area contributed by atoms with Gasteiger partial charge in [-0.05, 0) is 38.1 Å². The van der Waals surface area contributed by atoms with Gasteiger partial charge >= 0.3 is 0 Å². The Balaban J connectivity index is 0.000000213. The second-order valence-corrected chi connectivity index (χ2v) is 3.16. The van der Waals surface area contributed by atoms with E-state index in [2.05, 4.69) is 4.98 Å². The molecule has 0 saturated carbocycles. The molecule has 0 radical (unpaired) electrons. The van der Waals surface area contributed by atoms with Crippen molar-refractivity contribution in [3.05, 3.63) is 30.5 Å². The topological polar surface area (TPSA) is 53.1 Å². The molecule has 0 saturated heterocycles. The van der Waals surface area contributed by atoms with Crippen molar-refractivity contribution >= 4 is 16.7 Å². The number of carbonyl (C=O) groups is 1.